The molecule has 1 aromatic carbocycles. The van der Waals surface area contributed by atoms with Crippen LogP contribution in [0.2, 0.25) is 0 Å². The van der Waals surface area contributed by atoms with Gasteiger partial charge in [0.05, 0.1) is 12.3 Å². The SMILES string of the molecule is CN=C(NCC(c1ccco1)N(C)C)NCC(C)(C)c1ccccc1.I. The average molecular weight is 470 g/mol. The Morgan fingerprint density at radius 1 is 1.12 bits per heavy atom. The predicted molar refractivity (Wildman–Crippen MR) is 119 cm³/mol. The van der Waals surface area contributed by atoms with E-state index in [1.165, 1.54) is 5.56 Å². The van der Waals surface area contributed by atoms with Crippen LogP contribution < -0.4 is 10.6 Å². The third kappa shape index (κ3) is 6.32. The normalized spacial score (nSPS) is 13.2. The Hall–Kier alpha value is -1.54. The lowest BCUT2D eigenvalue weighted by atomic mass is 9.85. The van der Waals surface area contributed by atoms with E-state index in [1.807, 2.05) is 32.3 Å². The fraction of sp³-hybridized carbons (Fsp3) is 0.450. The van der Waals surface area contributed by atoms with Gasteiger partial charge in [-0.05, 0) is 31.8 Å². The maximum Gasteiger partial charge on any atom is 0.191 e. The summed E-state index contributed by atoms with van der Waals surface area (Å²) in [5.74, 6) is 1.74. The average Bonchev–Trinajstić information content (AvgIpc) is 3.12. The number of likely N-dealkylation sites (N-methyl/N-ethyl adjacent to an activating group) is 1. The van der Waals surface area contributed by atoms with E-state index in [9.17, 15) is 0 Å². The third-order valence-electron chi connectivity index (χ3n) is 4.43. The number of hydrogen-bond donors (Lipinski definition) is 2. The zero-order valence-corrected chi connectivity index (χ0v) is 18.7. The van der Waals surface area contributed by atoms with Crippen LogP contribution in [0.3, 0.4) is 0 Å². The Labute approximate surface area is 174 Å². The summed E-state index contributed by atoms with van der Waals surface area (Å²) in [7, 11) is 5.88. The summed E-state index contributed by atoms with van der Waals surface area (Å²) in [4.78, 5) is 6.47. The van der Waals surface area contributed by atoms with Gasteiger partial charge in [-0.3, -0.25) is 9.89 Å². The molecule has 0 saturated carbocycles. The molecule has 0 amide bonds. The van der Waals surface area contributed by atoms with Gasteiger partial charge in [0.25, 0.3) is 0 Å². The first kappa shape index (κ1) is 22.5. The van der Waals surface area contributed by atoms with Gasteiger partial charge in [-0.1, -0.05) is 44.2 Å². The second kappa shape index (κ2) is 10.6. The molecule has 0 radical (unpaired) electrons. The highest BCUT2D eigenvalue weighted by Gasteiger charge is 2.21. The van der Waals surface area contributed by atoms with Crippen LogP contribution in [0.1, 0.15) is 31.2 Å². The molecular formula is C20H31IN4O. The maximum atomic E-state index is 5.55. The van der Waals surface area contributed by atoms with E-state index >= 15 is 0 Å². The van der Waals surface area contributed by atoms with Crippen molar-refractivity contribution in [2.75, 3.05) is 34.2 Å². The molecule has 5 nitrogen and oxygen atoms in total. The van der Waals surface area contributed by atoms with E-state index in [4.69, 9.17) is 4.42 Å². The van der Waals surface area contributed by atoms with Gasteiger partial charge in [0, 0.05) is 25.6 Å². The van der Waals surface area contributed by atoms with E-state index in [-0.39, 0.29) is 35.4 Å². The number of nitrogens with one attached hydrogen (secondary N) is 2. The van der Waals surface area contributed by atoms with Crippen molar-refractivity contribution in [3.8, 4) is 0 Å². The molecule has 1 heterocycles. The predicted octanol–water partition coefficient (Wildman–Crippen LogP) is 3.64. The summed E-state index contributed by atoms with van der Waals surface area (Å²) in [6.07, 6.45) is 1.71. The summed E-state index contributed by atoms with van der Waals surface area (Å²) in [6, 6.07) is 14.6. The molecule has 1 atom stereocenters. The standard InChI is InChI=1S/C20H30N4O.HI/c1-20(2,16-10-7-6-8-11-16)15-23-19(21-3)22-14-17(24(4)5)18-12-9-13-25-18;/h6-13,17H,14-15H2,1-5H3,(H2,21,22,23);1H. The lowest BCUT2D eigenvalue weighted by Gasteiger charge is -2.28. The van der Waals surface area contributed by atoms with E-state index in [0.717, 1.165) is 18.3 Å². The zero-order chi connectivity index (χ0) is 18.3. The van der Waals surface area contributed by atoms with Crippen LogP contribution in [0.15, 0.2) is 58.1 Å². The fourth-order valence-electron chi connectivity index (χ4n) is 2.73. The minimum atomic E-state index is 0. The van der Waals surface area contributed by atoms with Crippen molar-refractivity contribution in [2.45, 2.75) is 25.3 Å². The highest BCUT2D eigenvalue weighted by atomic mass is 127. The number of aliphatic imine (C=N–C) groups is 1. The van der Waals surface area contributed by atoms with Crippen LogP contribution in [0, 0.1) is 0 Å². The summed E-state index contributed by atoms with van der Waals surface area (Å²) < 4.78 is 5.55. The number of benzene rings is 1. The molecule has 2 rings (SSSR count). The van der Waals surface area contributed by atoms with E-state index in [0.29, 0.717) is 6.54 Å². The number of guanidine groups is 1. The fourth-order valence-corrected chi connectivity index (χ4v) is 2.73. The lowest BCUT2D eigenvalue weighted by Crippen LogP contribution is -2.45. The molecule has 6 heteroatoms. The van der Waals surface area contributed by atoms with Gasteiger partial charge >= 0.3 is 0 Å². The molecule has 0 aliphatic rings. The quantitative estimate of drug-likeness (QED) is 0.369. The largest absolute Gasteiger partial charge is 0.468 e. The van der Waals surface area contributed by atoms with Gasteiger partial charge in [0.15, 0.2) is 5.96 Å². The van der Waals surface area contributed by atoms with Gasteiger partial charge in [-0.15, -0.1) is 24.0 Å². The first-order valence-corrected chi connectivity index (χ1v) is 8.64. The molecule has 144 valence electrons. The summed E-state index contributed by atoms with van der Waals surface area (Å²) in [5, 5.41) is 6.84. The van der Waals surface area contributed by atoms with Crippen LogP contribution in [0.5, 0.6) is 0 Å². The number of halogens is 1. The van der Waals surface area contributed by atoms with E-state index in [1.54, 1.807) is 13.3 Å². The summed E-state index contributed by atoms with van der Waals surface area (Å²) >= 11 is 0. The molecular weight excluding hydrogens is 439 g/mol. The van der Waals surface area contributed by atoms with Crippen molar-refractivity contribution >= 4 is 29.9 Å². The Morgan fingerprint density at radius 3 is 2.35 bits per heavy atom. The van der Waals surface area contributed by atoms with E-state index < -0.39 is 0 Å². The molecule has 2 aromatic rings. The second-order valence-electron chi connectivity index (χ2n) is 7.05. The van der Waals surface area contributed by atoms with Gasteiger partial charge in [0.2, 0.25) is 0 Å². The van der Waals surface area contributed by atoms with Gasteiger partial charge in [-0.25, -0.2) is 0 Å². The molecule has 2 N–H and O–H groups in total. The van der Waals surface area contributed by atoms with Crippen LogP contribution in [-0.4, -0.2) is 45.1 Å². The van der Waals surface area contributed by atoms with Crippen molar-refractivity contribution in [1.29, 1.82) is 0 Å². The Balaban J connectivity index is 0.00000338. The molecule has 1 unspecified atom stereocenters. The topological polar surface area (TPSA) is 52.8 Å². The van der Waals surface area contributed by atoms with E-state index in [2.05, 4.69) is 58.6 Å². The highest BCUT2D eigenvalue weighted by Crippen LogP contribution is 2.21. The maximum absolute atomic E-state index is 5.55. The van der Waals surface area contributed by atoms with Crippen LogP contribution in [0.25, 0.3) is 0 Å². The molecule has 26 heavy (non-hydrogen) atoms. The number of nitrogens with zero attached hydrogens (tertiary/aromatic N) is 2. The van der Waals surface area contributed by atoms with Gasteiger partial charge in [0.1, 0.15) is 5.76 Å². The van der Waals surface area contributed by atoms with Crippen molar-refractivity contribution in [3.05, 3.63) is 60.1 Å². The van der Waals surface area contributed by atoms with Crippen LogP contribution in [-0.2, 0) is 5.41 Å². The highest BCUT2D eigenvalue weighted by molar-refractivity contribution is 14.0. The number of furan rings is 1. The number of hydrogen-bond acceptors (Lipinski definition) is 3. The zero-order valence-electron chi connectivity index (χ0n) is 16.3. The van der Waals surface area contributed by atoms with Crippen molar-refractivity contribution in [3.63, 3.8) is 0 Å². The monoisotopic (exact) mass is 470 g/mol. The molecule has 0 fully saturated rings. The minimum absolute atomic E-state index is 0. The lowest BCUT2D eigenvalue weighted by molar-refractivity contribution is 0.258. The molecule has 0 aliphatic heterocycles. The summed E-state index contributed by atoms with van der Waals surface area (Å²) in [6.45, 7) is 5.97. The first-order chi connectivity index (χ1) is 11.9. The molecule has 1 aromatic heterocycles. The van der Waals surface area contributed by atoms with Crippen molar-refractivity contribution in [2.24, 2.45) is 4.99 Å². The second-order valence-corrected chi connectivity index (χ2v) is 7.05. The third-order valence-corrected chi connectivity index (χ3v) is 4.43. The smallest absolute Gasteiger partial charge is 0.191 e. The summed E-state index contributed by atoms with van der Waals surface area (Å²) in [5.41, 5.74) is 1.32. The number of rotatable bonds is 7. The first-order valence-electron chi connectivity index (χ1n) is 8.64. The van der Waals surface area contributed by atoms with Gasteiger partial charge in [-0.2, -0.15) is 0 Å². The minimum Gasteiger partial charge on any atom is -0.468 e. The van der Waals surface area contributed by atoms with Crippen molar-refractivity contribution in [1.82, 2.24) is 15.5 Å². The Kier molecular flexibility index (Phi) is 9.15. The van der Waals surface area contributed by atoms with Gasteiger partial charge < -0.3 is 15.1 Å². The van der Waals surface area contributed by atoms with Crippen molar-refractivity contribution < 1.29 is 4.42 Å². The molecule has 0 aliphatic carbocycles. The molecule has 0 bridgehead atoms. The van der Waals surface area contributed by atoms with Crippen LogP contribution >= 0.6 is 24.0 Å². The Morgan fingerprint density at radius 2 is 1.81 bits per heavy atom. The molecule has 0 spiro atoms. The molecule has 0 saturated heterocycles. The van der Waals surface area contributed by atoms with Crippen LogP contribution in [0.4, 0.5) is 0 Å². The Bertz CT molecular complexity index is 654.